The van der Waals surface area contributed by atoms with E-state index in [1.54, 1.807) is 24.3 Å². The topological polar surface area (TPSA) is 29.1 Å². The number of carbonyl (C=O) groups is 1. The van der Waals surface area contributed by atoms with Gasteiger partial charge in [0.25, 0.3) is 5.91 Å². The molecule has 0 saturated carbocycles. The normalized spacial score (nSPS) is 10.2. The fraction of sp³-hybridized carbons (Fsp3) is 0. The highest BCUT2D eigenvalue weighted by atomic mass is 79.9. The molecule has 5 heteroatoms. The molecule has 0 spiro atoms. The average molecular weight is 329 g/mol. The number of hydrogen-bond acceptors (Lipinski definition) is 1. The number of anilines is 1. The van der Waals surface area contributed by atoms with Crippen molar-refractivity contribution in [3.8, 4) is 0 Å². The Labute approximate surface area is 117 Å². The summed E-state index contributed by atoms with van der Waals surface area (Å²) in [6.45, 7) is 0. The molecule has 0 fully saturated rings. The number of halogens is 3. The fourth-order valence-corrected chi connectivity index (χ4v) is 1.84. The molecule has 0 aliphatic heterocycles. The second kappa shape index (κ2) is 5.50. The van der Waals surface area contributed by atoms with E-state index < -0.39 is 11.7 Å². The Morgan fingerprint density at radius 1 is 1.22 bits per heavy atom. The molecule has 0 aliphatic carbocycles. The van der Waals surface area contributed by atoms with Crippen LogP contribution in [-0.2, 0) is 0 Å². The predicted molar refractivity (Wildman–Crippen MR) is 73.5 cm³/mol. The third kappa shape index (κ3) is 2.89. The van der Waals surface area contributed by atoms with E-state index in [0.29, 0.717) is 10.7 Å². The molecule has 2 aromatic rings. The molecule has 92 valence electrons. The molecule has 0 aliphatic rings. The van der Waals surface area contributed by atoms with Crippen molar-refractivity contribution in [3.63, 3.8) is 0 Å². The lowest BCUT2D eigenvalue weighted by atomic mass is 10.2. The Morgan fingerprint density at radius 2 is 1.94 bits per heavy atom. The Bertz CT molecular complexity index is 603. The van der Waals surface area contributed by atoms with Gasteiger partial charge >= 0.3 is 0 Å². The molecule has 0 saturated heterocycles. The minimum atomic E-state index is -0.557. The van der Waals surface area contributed by atoms with Crippen LogP contribution in [0.4, 0.5) is 10.1 Å². The van der Waals surface area contributed by atoms with Gasteiger partial charge in [-0.1, -0.05) is 23.7 Å². The molecular formula is C13H8BrClFNO. The molecule has 2 aromatic carbocycles. The van der Waals surface area contributed by atoms with Gasteiger partial charge in [0.1, 0.15) is 5.82 Å². The van der Waals surface area contributed by atoms with Crippen molar-refractivity contribution >= 4 is 39.1 Å². The van der Waals surface area contributed by atoms with E-state index in [-0.39, 0.29) is 5.56 Å². The minimum absolute atomic E-state index is 0.00320. The van der Waals surface area contributed by atoms with Crippen molar-refractivity contribution in [1.82, 2.24) is 0 Å². The van der Waals surface area contributed by atoms with Crippen molar-refractivity contribution in [2.24, 2.45) is 0 Å². The van der Waals surface area contributed by atoms with E-state index in [2.05, 4.69) is 21.2 Å². The third-order valence-electron chi connectivity index (χ3n) is 2.30. The maximum atomic E-state index is 13.4. The molecule has 2 nitrogen and oxygen atoms in total. The van der Waals surface area contributed by atoms with Crippen LogP contribution >= 0.6 is 27.5 Å². The first kappa shape index (κ1) is 13.1. The largest absolute Gasteiger partial charge is 0.322 e. The second-order valence-electron chi connectivity index (χ2n) is 3.56. The van der Waals surface area contributed by atoms with Crippen LogP contribution < -0.4 is 5.32 Å². The maximum absolute atomic E-state index is 13.4. The number of nitrogens with one attached hydrogen (secondary N) is 1. The first-order valence-electron chi connectivity index (χ1n) is 5.09. The molecule has 0 aromatic heterocycles. The highest BCUT2D eigenvalue weighted by Gasteiger charge is 2.11. The zero-order valence-electron chi connectivity index (χ0n) is 9.08. The van der Waals surface area contributed by atoms with E-state index in [0.717, 1.165) is 4.47 Å². The Balaban J connectivity index is 2.22. The van der Waals surface area contributed by atoms with Crippen LogP contribution in [-0.4, -0.2) is 5.91 Å². The number of benzene rings is 2. The van der Waals surface area contributed by atoms with Crippen LogP contribution in [0.5, 0.6) is 0 Å². The minimum Gasteiger partial charge on any atom is -0.322 e. The molecule has 0 bridgehead atoms. The van der Waals surface area contributed by atoms with Gasteiger partial charge < -0.3 is 5.32 Å². The lowest BCUT2D eigenvalue weighted by Gasteiger charge is -2.07. The van der Waals surface area contributed by atoms with E-state index in [9.17, 15) is 9.18 Å². The van der Waals surface area contributed by atoms with Crippen molar-refractivity contribution in [2.45, 2.75) is 0 Å². The smallest absolute Gasteiger partial charge is 0.258 e. The maximum Gasteiger partial charge on any atom is 0.258 e. The Kier molecular flexibility index (Phi) is 3.99. The van der Waals surface area contributed by atoms with Crippen molar-refractivity contribution in [2.75, 3.05) is 5.32 Å². The fourth-order valence-electron chi connectivity index (χ4n) is 1.42. The van der Waals surface area contributed by atoms with E-state index >= 15 is 0 Å². The highest BCUT2D eigenvalue weighted by Crippen LogP contribution is 2.25. The van der Waals surface area contributed by atoms with Gasteiger partial charge in [-0.25, -0.2) is 4.39 Å². The van der Waals surface area contributed by atoms with Gasteiger partial charge in [0.2, 0.25) is 0 Å². The lowest BCUT2D eigenvalue weighted by molar-refractivity contribution is 0.102. The van der Waals surface area contributed by atoms with E-state index in [1.165, 1.54) is 18.2 Å². The molecule has 1 N–H and O–H groups in total. The van der Waals surface area contributed by atoms with Gasteiger partial charge in [-0.05, 0) is 46.3 Å². The second-order valence-corrected chi connectivity index (χ2v) is 4.82. The van der Waals surface area contributed by atoms with Gasteiger partial charge in [0, 0.05) is 10.2 Å². The summed E-state index contributed by atoms with van der Waals surface area (Å²) in [5.41, 5.74) is 0.507. The van der Waals surface area contributed by atoms with Crippen LogP contribution in [0, 0.1) is 5.82 Å². The van der Waals surface area contributed by atoms with Crippen molar-refractivity contribution in [1.29, 1.82) is 0 Å². The Morgan fingerprint density at radius 3 is 2.61 bits per heavy atom. The van der Waals surface area contributed by atoms with Gasteiger partial charge in [0.15, 0.2) is 0 Å². The standard InChI is InChI=1S/C13H8BrClFNO/c14-10-6-5-8(7-11(10)15)17-13(18)9-3-1-2-4-12(9)16/h1-7H,(H,17,18). The summed E-state index contributed by atoms with van der Waals surface area (Å²) in [7, 11) is 0. The summed E-state index contributed by atoms with van der Waals surface area (Å²) in [5, 5.41) is 3.06. The average Bonchev–Trinajstić information content (AvgIpc) is 2.34. The molecular weight excluding hydrogens is 321 g/mol. The quantitative estimate of drug-likeness (QED) is 0.864. The van der Waals surface area contributed by atoms with Crippen LogP contribution in [0.2, 0.25) is 5.02 Å². The summed E-state index contributed by atoms with van der Waals surface area (Å²) >= 11 is 9.15. The van der Waals surface area contributed by atoms with E-state index in [1.807, 2.05) is 0 Å². The van der Waals surface area contributed by atoms with Gasteiger partial charge in [-0.15, -0.1) is 0 Å². The number of amides is 1. The summed E-state index contributed by atoms with van der Waals surface area (Å²) in [5.74, 6) is -1.07. The van der Waals surface area contributed by atoms with Crippen molar-refractivity contribution < 1.29 is 9.18 Å². The summed E-state index contributed by atoms with van der Waals surface area (Å²) in [4.78, 5) is 11.8. The summed E-state index contributed by atoms with van der Waals surface area (Å²) < 4.78 is 14.1. The highest BCUT2D eigenvalue weighted by molar-refractivity contribution is 9.10. The van der Waals surface area contributed by atoms with E-state index in [4.69, 9.17) is 11.6 Å². The third-order valence-corrected chi connectivity index (χ3v) is 3.53. The lowest BCUT2D eigenvalue weighted by Crippen LogP contribution is -2.13. The molecule has 0 atom stereocenters. The zero-order valence-corrected chi connectivity index (χ0v) is 11.4. The molecule has 2 rings (SSSR count). The van der Waals surface area contributed by atoms with Crippen LogP contribution in [0.1, 0.15) is 10.4 Å². The SMILES string of the molecule is O=C(Nc1ccc(Br)c(Cl)c1)c1ccccc1F. The first-order valence-corrected chi connectivity index (χ1v) is 6.26. The number of hydrogen-bond donors (Lipinski definition) is 1. The van der Waals surface area contributed by atoms with Crippen molar-refractivity contribution in [3.05, 3.63) is 63.3 Å². The van der Waals surface area contributed by atoms with Crippen LogP contribution in [0.25, 0.3) is 0 Å². The molecule has 0 heterocycles. The van der Waals surface area contributed by atoms with Gasteiger partial charge in [-0.2, -0.15) is 0 Å². The molecule has 0 radical (unpaired) electrons. The Hall–Kier alpha value is -1.39. The zero-order chi connectivity index (χ0) is 13.1. The van der Waals surface area contributed by atoms with Gasteiger partial charge in [-0.3, -0.25) is 4.79 Å². The number of rotatable bonds is 2. The summed E-state index contributed by atoms with van der Waals surface area (Å²) in [6.07, 6.45) is 0. The summed E-state index contributed by atoms with van der Waals surface area (Å²) in [6, 6.07) is 10.8. The molecule has 1 amide bonds. The monoisotopic (exact) mass is 327 g/mol. The molecule has 0 unspecified atom stereocenters. The predicted octanol–water partition coefficient (Wildman–Crippen LogP) is 4.49. The first-order chi connectivity index (χ1) is 8.58. The van der Waals surface area contributed by atoms with Gasteiger partial charge in [0.05, 0.1) is 10.6 Å². The molecule has 18 heavy (non-hydrogen) atoms. The van der Waals surface area contributed by atoms with Crippen LogP contribution in [0.15, 0.2) is 46.9 Å². The van der Waals surface area contributed by atoms with Crippen LogP contribution in [0.3, 0.4) is 0 Å². The number of carbonyl (C=O) groups excluding carboxylic acids is 1.